The number of hydrogen-bond acceptors (Lipinski definition) is 4. The first-order valence-electron chi connectivity index (χ1n) is 9.65. The zero-order valence-corrected chi connectivity index (χ0v) is 16.7. The van der Waals surface area contributed by atoms with Gasteiger partial charge in [0.05, 0.1) is 6.61 Å². The van der Waals surface area contributed by atoms with E-state index in [0.29, 0.717) is 23.8 Å². The maximum Gasteiger partial charge on any atom is 0.267 e. The molecule has 2 fully saturated rings. The van der Waals surface area contributed by atoms with Gasteiger partial charge in [-0.1, -0.05) is 20.8 Å². The SMILES string of the molecule is CCOc1ccc(NC(=O)/C(C#N)=C\N2CC3(C)CC2CC(C)(C)C3)cc1. The van der Waals surface area contributed by atoms with E-state index in [9.17, 15) is 10.1 Å². The topological polar surface area (TPSA) is 65.4 Å². The number of carbonyl (C=O) groups is 1. The van der Waals surface area contributed by atoms with Gasteiger partial charge in [0.1, 0.15) is 17.4 Å². The average molecular weight is 367 g/mol. The maximum absolute atomic E-state index is 12.6. The van der Waals surface area contributed by atoms with Crippen LogP contribution < -0.4 is 10.1 Å². The van der Waals surface area contributed by atoms with Crippen molar-refractivity contribution in [1.29, 1.82) is 5.26 Å². The molecule has 2 bridgehead atoms. The van der Waals surface area contributed by atoms with Crippen molar-refractivity contribution in [2.75, 3.05) is 18.5 Å². The molecule has 3 rings (SSSR count). The van der Waals surface area contributed by atoms with Crippen LogP contribution in [0, 0.1) is 22.2 Å². The summed E-state index contributed by atoms with van der Waals surface area (Å²) in [6.45, 7) is 10.4. The predicted octanol–water partition coefficient (Wildman–Crippen LogP) is 4.33. The zero-order valence-electron chi connectivity index (χ0n) is 16.7. The number of benzene rings is 1. The summed E-state index contributed by atoms with van der Waals surface area (Å²) in [6, 6.07) is 9.66. The smallest absolute Gasteiger partial charge is 0.267 e. The van der Waals surface area contributed by atoms with E-state index in [1.165, 1.54) is 6.42 Å². The van der Waals surface area contributed by atoms with Crippen LogP contribution in [0.5, 0.6) is 5.75 Å². The van der Waals surface area contributed by atoms with Crippen LogP contribution in [0.3, 0.4) is 0 Å². The molecule has 1 saturated heterocycles. The minimum absolute atomic E-state index is 0.151. The van der Waals surface area contributed by atoms with Crippen LogP contribution in [-0.4, -0.2) is 30.0 Å². The number of carbonyl (C=O) groups excluding carboxylic acids is 1. The van der Waals surface area contributed by atoms with E-state index in [1.807, 2.05) is 6.92 Å². The van der Waals surface area contributed by atoms with Crippen molar-refractivity contribution in [3.8, 4) is 11.8 Å². The normalized spacial score (nSPS) is 26.4. The van der Waals surface area contributed by atoms with Crippen molar-refractivity contribution in [2.24, 2.45) is 10.8 Å². The first-order chi connectivity index (χ1) is 12.7. The Kier molecular flexibility index (Phi) is 5.19. The molecule has 27 heavy (non-hydrogen) atoms. The number of hydrogen-bond donors (Lipinski definition) is 1. The minimum Gasteiger partial charge on any atom is -0.494 e. The Balaban J connectivity index is 1.71. The molecule has 1 aromatic carbocycles. The Morgan fingerprint density at radius 1 is 1.33 bits per heavy atom. The summed E-state index contributed by atoms with van der Waals surface area (Å²) in [5.74, 6) is 0.388. The second kappa shape index (κ2) is 7.26. The van der Waals surface area contributed by atoms with E-state index in [-0.39, 0.29) is 16.9 Å². The molecule has 2 atom stereocenters. The van der Waals surface area contributed by atoms with Gasteiger partial charge in [-0.15, -0.1) is 0 Å². The number of rotatable bonds is 5. The highest BCUT2D eigenvalue weighted by molar-refractivity contribution is 6.06. The monoisotopic (exact) mass is 367 g/mol. The molecular formula is C22H29N3O2. The van der Waals surface area contributed by atoms with Gasteiger partial charge in [-0.2, -0.15) is 5.26 Å². The molecular weight excluding hydrogens is 338 g/mol. The third kappa shape index (κ3) is 4.44. The lowest BCUT2D eigenvalue weighted by Gasteiger charge is -2.39. The van der Waals surface area contributed by atoms with Gasteiger partial charge in [-0.25, -0.2) is 0 Å². The number of nitrogens with one attached hydrogen (secondary N) is 1. The number of likely N-dealkylation sites (tertiary alicyclic amines) is 1. The maximum atomic E-state index is 12.6. The van der Waals surface area contributed by atoms with Crippen LogP contribution in [-0.2, 0) is 4.79 Å². The van der Waals surface area contributed by atoms with Crippen LogP contribution >= 0.6 is 0 Å². The van der Waals surface area contributed by atoms with Gasteiger partial charge in [-0.05, 0) is 61.3 Å². The second-order valence-corrected chi connectivity index (χ2v) is 8.95. The second-order valence-electron chi connectivity index (χ2n) is 8.95. The van der Waals surface area contributed by atoms with Crippen LogP contribution in [0.1, 0.15) is 47.0 Å². The van der Waals surface area contributed by atoms with Gasteiger partial charge in [0.15, 0.2) is 0 Å². The number of nitriles is 1. The molecule has 1 aliphatic carbocycles. The largest absolute Gasteiger partial charge is 0.494 e. The summed E-state index contributed by atoms with van der Waals surface area (Å²) < 4.78 is 5.41. The number of amides is 1. The molecule has 0 aromatic heterocycles. The van der Waals surface area contributed by atoms with Gasteiger partial charge < -0.3 is 15.0 Å². The fourth-order valence-corrected chi connectivity index (χ4v) is 4.96. The van der Waals surface area contributed by atoms with Gasteiger partial charge in [0.25, 0.3) is 5.91 Å². The molecule has 5 nitrogen and oxygen atoms in total. The van der Waals surface area contributed by atoms with E-state index in [2.05, 4.69) is 37.1 Å². The van der Waals surface area contributed by atoms with E-state index in [4.69, 9.17) is 4.74 Å². The van der Waals surface area contributed by atoms with Crippen LogP contribution in [0.2, 0.25) is 0 Å². The standard InChI is InChI=1S/C22H29N3O2/c1-5-27-19-8-6-17(7-9-19)24-20(26)16(12-23)13-25-15-22(4)11-18(25)10-21(2,3)14-22/h6-9,13,18H,5,10-11,14-15H2,1-4H3,(H,24,26)/b16-13-. The average Bonchev–Trinajstić information content (AvgIpc) is 2.82. The Labute approximate surface area is 162 Å². The Morgan fingerprint density at radius 2 is 2.04 bits per heavy atom. The van der Waals surface area contributed by atoms with Gasteiger partial charge in [-0.3, -0.25) is 4.79 Å². The molecule has 0 spiro atoms. The lowest BCUT2D eigenvalue weighted by atomic mass is 9.65. The highest BCUT2D eigenvalue weighted by Crippen LogP contribution is 2.52. The molecule has 2 unspecified atom stereocenters. The molecule has 1 amide bonds. The van der Waals surface area contributed by atoms with Crippen molar-refractivity contribution in [3.63, 3.8) is 0 Å². The summed E-state index contributed by atoms with van der Waals surface area (Å²) >= 11 is 0. The molecule has 1 N–H and O–H groups in total. The number of fused-ring (bicyclic) bond motifs is 2. The van der Waals surface area contributed by atoms with Gasteiger partial charge >= 0.3 is 0 Å². The van der Waals surface area contributed by atoms with Crippen molar-refractivity contribution >= 4 is 11.6 Å². The van der Waals surface area contributed by atoms with E-state index in [1.54, 1.807) is 30.5 Å². The van der Waals surface area contributed by atoms with E-state index in [0.717, 1.165) is 25.1 Å². The highest BCUT2D eigenvalue weighted by atomic mass is 16.5. The number of ether oxygens (including phenoxy) is 1. The summed E-state index contributed by atoms with van der Waals surface area (Å²) in [4.78, 5) is 14.8. The molecule has 1 aromatic rings. The highest BCUT2D eigenvalue weighted by Gasteiger charge is 2.48. The molecule has 1 aliphatic heterocycles. The molecule has 1 heterocycles. The summed E-state index contributed by atoms with van der Waals surface area (Å²) in [6.07, 6.45) is 5.17. The Morgan fingerprint density at radius 3 is 2.67 bits per heavy atom. The van der Waals surface area contributed by atoms with E-state index < -0.39 is 0 Å². The first kappa shape index (κ1) is 19.3. The summed E-state index contributed by atoms with van der Waals surface area (Å²) in [7, 11) is 0. The van der Waals surface area contributed by atoms with Crippen molar-refractivity contribution < 1.29 is 9.53 Å². The van der Waals surface area contributed by atoms with E-state index >= 15 is 0 Å². The Hall–Kier alpha value is -2.48. The fourth-order valence-electron chi connectivity index (χ4n) is 4.96. The molecule has 144 valence electrons. The van der Waals surface area contributed by atoms with Crippen molar-refractivity contribution in [2.45, 2.75) is 53.0 Å². The third-order valence-corrected chi connectivity index (χ3v) is 5.54. The fraction of sp³-hybridized carbons (Fsp3) is 0.545. The molecule has 1 saturated carbocycles. The number of nitrogens with zero attached hydrogens (tertiary/aromatic N) is 2. The van der Waals surface area contributed by atoms with Crippen molar-refractivity contribution in [1.82, 2.24) is 4.90 Å². The first-order valence-corrected chi connectivity index (χ1v) is 9.65. The lowest BCUT2D eigenvalue weighted by molar-refractivity contribution is -0.112. The Bertz CT molecular complexity index is 776. The quantitative estimate of drug-likeness (QED) is 0.621. The predicted molar refractivity (Wildman–Crippen MR) is 106 cm³/mol. The summed E-state index contributed by atoms with van der Waals surface area (Å²) in [5.41, 5.74) is 1.36. The minimum atomic E-state index is -0.368. The van der Waals surface area contributed by atoms with Crippen LogP contribution in [0.4, 0.5) is 5.69 Å². The molecule has 5 heteroatoms. The van der Waals surface area contributed by atoms with Gasteiger partial charge in [0.2, 0.25) is 0 Å². The zero-order chi connectivity index (χ0) is 19.7. The van der Waals surface area contributed by atoms with Crippen LogP contribution in [0.25, 0.3) is 0 Å². The van der Waals surface area contributed by atoms with Crippen molar-refractivity contribution in [3.05, 3.63) is 36.0 Å². The summed E-state index contributed by atoms with van der Waals surface area (Å²) in [5, 5.41) is 12.3. The molecule has 0 radical (unpaired) electrons. The lowest BCUT2D eigenvalue weighted by Crippen LogP contribution is -2.33. The molecule has 2 aliphatic rings. The van der Waals surface area contributed by atoms with Crippen LogP contribution in [0.15, 0.2) is 36.0 Å². The third-order valence-electron chi connectivity index (χ3n) is 5.54. The number of anilines is 1. The van der Waals surface area contributed by atoms with Gasteiger partial charge in [0, 0.05) is 24.5 Å².